The van der Waals surface area contributed by atoms with Gasteiger partial charge >= 0.3 is 0 Å². The molecular formula is C27H31N5O2. The molecule has 0 spiro atoms. The van der Waals surface area contributed by atoms with E-state index < -0.39 is 0 Å². The van der Waals surface area contributed by atoms with E-state index >= 15 is 0 Å². The summed E-state index contributed by atoms with van der Waals surface area (Å²) in [7, 11) is 1.64. The van der Waals surface area contributed by atoms with Crippen molar-refractivity contribution < 1.29 is 9.53 Å². The third-order valence-corrected chi connectivity index (χ3v) is 5.94. The molecule has 0 N–H and O–H groups in total. The number of carbonyl (C=O) groups is 1. The number of pyridine rings is 2. The maximum absolute atomic E-state index is 12.8. The SMILES string of the molecule is C/C=C\C(=O)N1N=C(N2CCc3ncc(-c4cncc(OC)c4)cc3C2)C(C)=C/C1=C\CCC. The number of amides is 1. The van der Waals surface area contributed by atoms with Crippen LogP contribution in [0.3, 0.4) is 0 Å². The number of fused-ring (bicyclic) bond motifs is 1. The molecule has 4 heterocycles. The predicted molar refractivity (Wildman–Crippen MR) is 134 cm³/mol. The lowest BCUT2D eigenvalue weighted by Gasteiger charge is -2.34. The van der Waals surface area contributed by atoms with E-state index in [1.165, 1.54) is 5.01 Å². The molecular weight excluding hydrogens is 426 g/mol. The number of allylic oxidation sites excluding steroid dienone is 3. The molecule has 0 atom stereocenters. The smallest absolute Gasteiger partial charge is 0.271 e. The Bertz CT molecular complexity index is 1200. The highest BCUT2D eigenvalue weighted by Gasteiger charge is 2.27. The van der Waals surface area contributed by atoms with Crippen LogP contribution in [-0.2, 0) is 17.8 Å². The van der Waals surface area contributed by atoms with Crippen LogP contribution in [0.2, 0.25) is 0 Å². The summed E-state index contributed by atoms with van der Waals surface area (Å²) in [5.74, 6) is 1.40. The van der Waals surface area contributed by atoms with Gasteiger partial charge in [-0.25, -0.2) is 0 Å². The molecule has 0 fully saturated rings. The highest BCUT2D eigenvalue weighted by Crippen LogP contribution is 2.28. The number of nitrogens with zero attached hydrogens (tertiary/aromatic N) is 5. The van der Waals surface area contributed by atoms with Gasteiger partial charge in [-0.3, -0.25) is 14.8 Å². The Morgan fingerprint density at radius 3 is 2.79 bits per heavy atom. The third-order valence-electron chi connectivity index (χ3n) is 5.94. The topological polar surface area (TPSA) is 70.9 Å². The number of rotatable bonds is 5. The van der Waals surface area contributed by atoms with E-state index in [0.29, 0.717) is 12.3 Å². The van der Waals surface area contributed by atoms with Gasteiger partial charge in [0.15, 0.2) is 5.84 Å². The average Bonchev–Trinajstić information content (AvgIpc) is 2.87. The largest absolute Gasteiger partial charge is 0.495 e. The third kappa shape index (κ3) is 4.93. The molecule has 0 aromatic carbocycles. The van der Waals surface area contributed by atoms with Gasteiger partial charge in [-0.15, -0.1) is 5.10 Å². The Kier molecular flexibility index (Phi) is 7.21. The second-order valence-electron chi connectivity index (χ2n) is 8.43. The minimum absolute atomic E-state index is 0.141. The predicted octanol–water partition coefficient (Wildman–Crippen LogP) is 4.87. The fourth-order valence-electron chi connectivity index (χ4n) is 4.17. The fraction of sp³-hybridized carbons (Fsp3) is 0.333. The summed E-state index contributed by atoms with van der Waals surface area (Å²) in [4.78, 5) is 24.0. The van der Waals surface area contributed by atoms with E-state index in [-0.39, 0.29) is 5.91 Å². The summed E-state index contributed by atoms with van der Waals surface area (Å²) < 4.78 is 5.32. The molecule has 2 aromatic rings. The van der Waals surface area contributed by atoms with Crippen molar-refractivity contribution in [2.24, 2.45) is 5.10 Å². The van der Waals surface area contributed by atoms with Gasteiger partial charge in [0, 0.05) is 54.8 Å². The molecule has 2 aromatic heterocycles. The summed E-state index contributed by atoms with van der Waals surface area (Å²) in [5, 5.41) is 6.33. The molecule has 0 saturated carbocycles. The van der Waals surface area contributed by atoms with Gasteiger partial charge in [0.05, 0.1) is 19.0 Å². The second-order valence-corrected chi connectivity index (χ2v) is 8.43. The summed E-state index contributed by atoms with van der Waals surface area (Å²) in [6, 6.07) is 4.13. The number of carbonyl (C=O) groups excluding carboxylic acids is 1. The molecule has 2 aliphatic rings. The van der Waals surface area contributed by atoms with Crippen LogP contribution in [0.4, 0.5) is 0 Å². The van der Waals surface area contributed by atoms with E-state index in [0.717, 1.165) is 65.3 Å². The number of ether oxygens (including phenoxy) is 1. The van der Waals surface area contributed by atoms with Crippen molar-refractivity contribution in [1.82, 2.24) is 19.9 Å². The van der Waals surface area contributed by atoms with Crippen LogP contribution >= 0.6 is 0 Å². The highest BCUT2D eigenvalue weighted by atomic mass is 16.5. The minimum Gasteiger partial charge on any atom is -0.495 e. The van der Waals surface area contributed by atoms with E-state index in [4.69, 9.17) is 14.8 Å². The van der Waals surface area contributed by atoms with Crippen molar-refractivity contribution >= 4 is 11.7 Å². The van der Waals surface area contributed by atoms with Gasteiger partial charge in [0.25, 0.3) is 5.91 Å². The Labute approximate surface area is 201 Å². The molecule has 4 rings (SSSR count). The van der Waals surface area contributed by atoms with Crippen LogP contribution < -0.4 is 4.74 Å². The summed E-state index contributed by atoms with van der Waals surface area (Å²) in [5.41, 5.74) is 6.10. The Hall–Kier alpha value is -3.74. The van der Waals surface area contributed by atoms with Crippen molar-refractivity contribution in [2.45, 2.75) is 46.6 Å². The van der Waals surface area contributed by atoms with Crippen molar-refractivity contribution in [2.75, 3.05) is 13.7 Å². The molecule has 1 amide bonds. The van der Waals surface area contributed by atoms with Gasteiger partial charge in [-0.05, 0) is 49.6 Å². The van der Waals surface area contributed by atoms with E-state index in [2.05, 4.69) is 41.9 Å². The lowest BCUT2D eigenvalue weighted by molar-refractivity contribution is -0.124. The lowest BCUT2D eigenvalue weighted by Crippen LogP contribution is -2.40. The summed E-state index contributed by atoms with van der Waals surface area (Å²) in [6.45, 7) is 7.49. The highest BCUT2D eigenvalue weighted by molar-refractivity contribution is 6.01. The molecule has 0 bridgehead atoms. The standard InChI is InChI=1S/C27H31N5O2/c1-5-7-9-23-12-19(3)27(30-32(23)26(33)8-6-2)31-11-10-25-22(18-31)13-20(16-29-25)21-14-24(34-4)17-28-15-21/h6,8-9,12-17H,5,7,10-11,18H2,1-4H3/b8-6-,23-9+. The Morgan fingerprint density at radius 2 is 2.03 bits per heavy atom. The molecule has 0 aliphatic carbocycles. The van der Waals surface area contributed by atoms with Crippen LogP contribution in [-0.4, -0.2) is 45.3 Å². The van der Waals surface area contributed by atoms with E-state index in [1.807, 2.05) is 25.4 Å². The average molecular weight is 458 g/mol. The summed E-state index contributed by atoms with van der Waals surface area (Å²) in [6.07, 6.45) is 15.6. The zero-order chi connectivity index (χ0) is 24.1. The number of hydrogen-bond donors (Lipinski definition) is 0. The first-order valence-corrected chi connectivity index (χ1v) is 11.7. The van der Waals surface area contributed by atoms with Crippen LogP contribution in [0, 0.1) is 0 Å². The van der Waals surface area contributed by atoms with Crippen molar-refractivity contribution in [3.05, 3.63) is 77.6 Å². The van der Waals surface area contributed by atoms with Gasteiger partial charge in [-0.2, -0.15) is 5.01 Å². The fourth-order valence-corrected chi connectivity index (χ4v) is 4.17. The monoisotopic (exact) mass is 457 g/mol. The van der Waals surface area contributed by atoms with Gasteiger partial charge in [0.1, 0.15) is 5.75 Å². The normalized spacial score (nSPS) is 17.0. The van der Waals surface area contributed by atoms with Crippen molar-refractivity contribution in [3.63, 3.8) is 0 Å². The van der Waals surface area contributed by atoms with Crippen LogP contribution in [0.25, 0.3) is 11.1 Å². The maximum Gasteiger partial charge on any atom is 0.271 e. The molecule has 0 saturated heterocycles. The van der Waals surface area contributed by atoms with E-state index in [9.17, 15) is 4.79 Å². The first kappa shape index (κ1) is 23.4. The Morgan fingerprint density at radius 1 is 1.21 bits per heavy atom. The molecule has 176 valence electrons. The van der Waals surface area contributed by atoms with Gasteiger partial charge in [-0.1, -0.05) is 25.5 Å². The zero-order valence-corrected chi connectivity index (χ0v) is 20.3. The molecule has 34 heavy (non-hydrogen) atoms. The molecule has 0 unspecified atom stereocenters. The molecule has 2 aliphatic heterocycles. The number of hydrazone groups is 1. The maximum atomic E-state index is 12.8. The Balaban J connectivity index is 1.64. The van der Waals surface area contributed by atoms with Gasteiger partial charge in [0.2, 0.25) is 0 Å². The van der Waals surface area contributed by atoms with Crippen LogP contribution in [0.5, 0.6) is 5.75 Å². The number of aromatic nitrogens is 2. The number of unbranched alkanes of at least 4 members (excludes halogenated alkanes) is 1. The molecule has 0 radical (unpaired) electrons. The van der Waals surface area contributed by atoms with Crippen molar-refractivity contribution in [1.29, 1.82) is 0 Å². The zero-order valence-electron chi connectivity index (χ0n) is 20.3. The number of hydrogen-bond acceptors (Lipinski definition) is 6. The van der Waals surface area contributed by atoms with E-state index in [1.54, 1.807) is 25.5 Å². The van der Waals surface area contributed by atoms with Crippen molar-refractivity contribution in [3.8, 4) is 16.9 Å². The summed E-state index contributed by atoms with van der Waals surface area (Å²) >= 11 is 0. The van der Waals surface area contributed by atoms with Crippen LogP contribution in [0.15, 0.2) is 71.4 Å². The lowest BCUT2D eigenvalue weighted by atomic mass is 10.00. The number of methoxy groups -OCH3 is 1. The molecule has 7 heteroatoms. The second kappa shape index (κ2) is 10.5. The number of amidine groups is 1. The molecule has 7 nitrogen and oxygen atoms in total. The van der Waals surface area contributed by atoms with Gasteiger partial charge < -0.3 is 9.64 Å². The first-order valence-electron chi connectivity index (χ1n) is 11.7. The quantitative estimate of drug-likeness (QED) is 0.599. The van der Waals surface area contributed by atoms with Crippen LogP contribution in [0.1, 0.15) is 44.9 Å². The first-order chi connectivity index (χ1) is 16.5. The minimum atomic E-state index is -0.141.